The first-order chi connectivity index (χ1) is 19.9. The fraction of sp³-hybridized carbons (Fsp3) is 0.593. The lowest BCUT2D eigenvalue weighted by atomic mass is 10.1. The van der Waals surface area contributed by atoms with Crippen molar-refractivity contribution in [2.75, 3.05) is 39.6 Å². The Balaban J connectivity index is 1.41. The van der Waals surface area contributed by atoms with Gasteiger partial charge in [-0.05, 0) is 26.3 Å². The smallest absolute Gasteiger partial charge is 0.408 e. The molecule has 3 rings (SSSR count). The minimum absolute atomic E-state index is 0.162. The molecule has 0 aromatic heterocycles. The van der Waals surface area contributed by atoms with Gasteiger partial charge in [0.2, 0.25) is 23.6 Å². The monoisotopic (exact) mass is 592 g/mol. The maximum atomic E-state index is 12.9. The van der Waals surface area contributed by atoms with Gasteiger partial charge in [-0.2, -0.15) is 0 Å². The zero-order valence-electron chi connectivity index (χ0n) is 24.0. The van der Waals surface area contributed by atoms with Gasteiger partial charge in [0.15, 0.2) is 0 Å². The summed E-state index contributed by atoms with van der Waals surface area (Å²) in [7, 11) is 0. The van der Waals surface area contributed by atoms with Crippen molar-refractivity contribution in [3.05, 3.63) is 35.9 Å². The zero-order valence-corrected chi connectivity index (χ0v) is 24.0. The van der Waals surface area contributed by atoms with Gasteiger partial charge in [0, 0.05) is 6.42 Å². The fourth-order valence-corrected chi connectivity index (χ4v) is 4.33. The van der Waals surface area contributed by atoms with Gasteiger partial charge < -0.3 is 51.3 Å². The summed E-state index contributed by atoms with van der Waals surface area (Å²) in [5.74, 6) is -2.19. The number of hydrogen-bond donors (Lipinski definition) is 6. The fourth-order valence-electron chi connectivity index (χ4n) is 4.33. The van der Waals surface area contributed by atoms with E-state index in [1.165, 1.54) is 0 Å². The molecule has 0 saturated carbocycles. The van der Waals surface area contributed by atoms with Crippen molar-refractivity contribution in [1.82, 2.24) is 26.6 Å². The molecule has 0 unspecified atom stereocenters. The highest BCUT2D eigenvalue weighted by Crippen LogP contribution is 2.29. The van der Waals surface area contributed by atoms with Crippen molar-refractivity contribution in [1.29, 1.82) is 0 Å². The number of nitrogens with two attached hydrogens (primary N) is 1. The van der Waals surface area contributed by atoms with E-state index in [0.29, 0.717) is 0 Å². The Morgan fingerprint density at radius 3 is 2.31 bits per heavy atom. The lowest BCUT2D eigenvalue weighted by molar-refractivity contribution is -0.131. The van der Waals surface area contributed by atoms with Gasteiger partial charge >= 0.3 is 6.09 Å². The molecule has 2 saturated heterocycles. The van der Waals surface area contributed by atoms with Gasteiger partial charge in [-0.1, -0.05) is 30.3 Å². The first-order valence-corrected chi connectivity index (χ1v) is 13.6. The molecule has 0 radical (unpaired) electrons. The highest BCUT2D eigenvalue weighted by molar-refractivity contribution is 5.92. The Hall–Kier alpha value is -3.79. The van der Waals surface area contributed by atoms with Crippen molar-refractivity contribution in [3.8, 4) is 0 Å². The van der Waals surface area contributed by atoms with Gasteiger partial charge in [-0.25, -0.2) is 4.79 Å². The zero-order chi connectivity index (χ0) is 30.7. The summed E-state index contributed by atoms with van der Waals surface area (Å²) in [6.07, 6.45) is -1.72. The van der Waals surface area contributed by atoms with Crippen LogP contribution < -0.4 is 32.3 Å². The molecule has 42 heavy (non-hydrogen) atoms. The number of benzene rings is 1. The van der Waals surface area contributed by atoms with Crippen LogP contribution in [0.4, 0.5) is 4.79 Å². The van der Waals surface area contributed by atoms with Crippen molar-refractivity contribution >= 4 is 29.7 Å². The molecule has 1 aromatic rings. The second-order valence-electron chi connectivity index (χ2n) is 10.8. The molecule has 0 bridgehead atoms. The Bertz CT molecular complexity index is 1100. The van der Waals surface area contributed by atoms with E-state index in [1.807, 2.05) is 6.07 Å². The molecule has 2 heterocycles. The van der Waals surface area contributed by atoms with Gasteiger partial charge in [0.05, 0.1) is 38.9 Å². The summed E-state index contributed by atoms with van der Waals surface area (Å²) in [4.78, 5) is 61.0. The van der Waals surface area contributed by atoms with Crippen molar-refractivity contribution in [3.63, 3.8) is 0 Å². The molecule has 0 aliphatic carbocycles. The predicted molar refractivity (Wildman–Crippen MR) is 148 cm³/mol. The lowest BCUT2D eigenvalue weighted by Gasteiger charge is -2.23. The molecule has 7 N–H and O–H groups in total. The average molecular weight is 593 g/mol. The number of amides is 5. The molecular formula is C27H40N6O9. The number of carbonyl (C=O) groups excluding carboxylic acids is 5. The normalized spacial score (nSPS) is 21.9. The molecule has 232 valence electrons. The summed E-state index contributed by atoms with van der Waals surface area (Å²) in [5.41, 5.74) is 5.38. The van der Waals surface area contributed by atoms with Crippen LogP contribution >= 0.6 is 0 Å². The van der Waals surface area contributed by atoms with Crippen LogP contribution in [0.3, 0.4) is 0 Å². The quantitative estimate of drug-likeness (QED) is 0.140. The number of hydrogen-bond acceptors (Lipinski definition) is 10. The largest absolute Gasteiger partial charge is 0.444 e. The van der Waals surface area contributed by atoms with Crippen LogP contribution in [0.2, 0.25) is 0 Å². The highest BCUT2D eigenvalue weighted by atomic mass is 16.6. The number of ether oxygens (including phenoxy) is 4. The molecule has 2 aliphatic heterocycles. The Kier molecular flexibility index (Phi) is 12.0. The van der Waals surface area contributed by atoms with Crippen molar-refractivity contribution in [2.24, 2.45) is 5.73 Å². The van der Waals surface area contributed by atoms with Crippen LogP contribution in [-0.2, 0) is 44.5 Å². The second-order valence-corrected chi connectivity index (χ2v) is 10.8. The minimum atomic E-state index is -0.993. The first kappa shape index (κ1) is 32.7. The standard InChI is InChI=1S/C27H40N6O9/c1-27(2,3)42-26(38)33-18-13-39-24-19(14-40-23(18)24)41-15-31-21(35)11-30-25(37)17(9-16-7-5-4-6-8-16)32-22(36)12-29-20(34)10-28/h4-8,17-19,23-24H,9-15,28H2,1-3H3,(H,29,34)(H,30,37)(H,31,35)(H,32,36)(H,33,38)/t17-,18-,19+,23+,24+/m0/s1. The second kappa shape index (κ2) is 15.4. The van der Waals surface area contributed by atoms with Crippen molar-refractivity contribution < 1.29 is 42.9 Å². The van der Waals surface area contributed by atoms with Crippen LogP contribution in [-0.4, -0.2) is 105 Å². The van der Waals surface area contributed by atoms with E-state index < -0.39 is 65.7 Å². The molecule has 0 spiro atoms. The molecule has 15 nitrogen and oxygen atoms in total. The van der Waals surface area contributed by atoms with Crippen LogP contribution in [0.5, 0.6) is 0 Å². The van der Waals surface area contributed by atoms with E-state index in [4.69, 9.17) is 24.7 Å². The topological polar surface area (TPSA) is 208 Å². The van der Waals surface area contributed by atoms with E-state index in [-0.39, 0.29) is 46.0 Å². The van der Waals surface area contributed by atoms with Crippen LogP contribution in [0.25, 0.3) is 0 Å². The van der Waals surface area contributed by atoms with Gasteiger partial charge in [0.1, 0.15) is 36.7 Å². The summed E-state index contributed by atoms with van der Waals surface area (Å²) in [5, 5.41) is 12.7. The average Bonchev–Trinajstić information content (AvgIpc) is 3.52. The Morgan fingerprint density at radius 2 is 1.62 bits per heavy atom. The maximum absolute atomic E-state index is 12.9. The summed E-state index contributed by atoms with van der Waals surface area (Å²) in [6, 6.07) is 7.63. The molecule has 15 heteroatoms. The number of carbonyl (C=O) groups is 5. The van der Waals surface area contributed by atoms with Crippen LogP contribution in [0, 0.1) is 0 Å². The lowest BCUT2D eigenvalue weighted by Crippen LogP contribution is -2.52. The number of nitrogens with one attached hydrogen (secondary N) is 5. The van der Waals surface area contributed by atoms with E-state index in [0.717, 1.165) is 5.56 Å². The van der Waals surface area contributed by atoms with Gasteiger partial charge in [-0.3, -0.25) is 19.2 Å². The van der Waals surface area contributed by atoms with Crippen LogP contribution in [0.1, 0.15) is 26.3 Å². The third kappa shape index (κ3) is 10.6. The third-order valence-electron chi connectivity index (χ3n) is 6.27. The number of fused-ring (bicyclic) bond motifs is 1. The van der Waals surface area contributed by atoms with Crippen molar-refractivity contribution in [2.45, 2.75) is 63.2 Å². The summed E-state index contributed by atoms with van der Waals surface area (Å²) >= 11 is 0. The van der Waals surface area contributed by atoms with E-state index in [9.17, 15) is 24.0 Å². The number of alkyl carbamates (subject to hydrolysis) is 1. The van der Waals surface area contributed by atoms with E-state index in [1.54, 1.807) is 45.0 Å². The van der Waals surface area contributed by atoms with Gasteiger partial charge in [0.25, 0.3) is 0 Å². The minimum Gasteiger partial charge on any atom is -0.444 e. The third-order valence-corrected chi connectivity index (χ3v) is 6.27. The maximum Gasteiger partial charge on any atom is 0.408 e. The number of rotatable bonds is 13. The predicted octanol–water partition coefficient (Wildman–Crippen LogP) is -1.95. The SMILES string of the molecule is CC(C)(C)OC(=O)N[C@H]1CO[C@H]2[C@@H]1OC[C@H]2OCNC(=O)CNC(=O)[C@H](Cc1ccccc1)NC(=O)CNC(=O)CN. The molecule has 2 fully saturated rings. The highest BCUT2D eigenvalue weighted by Gasteiger charge is 2.49. The Labute approximate surface area is 243 Å². The summed E-state index contributed by atoms with van der Waals surface area (Å²) in [6.45, 7) is 4.60. The molecule has 1 aromatic carbocycles. The molecule has 5 atom stereocenters. The first-order valence-electron chi connectivity index (χ1n) is 13.6. The van der Waals surface area contributed by atoms with Crippen LogP contribution in [0.15, 0.2) is 30.3 Å². The molecule has 5 amide bonds. The Morgan fingerprint density at radius 1 is 0.929 bits per heavy atom. The van der Waals surface area contributed by atoms with E-state index >= 15 is 0 Å². The van der Waals surface area contributed by atoms with E-state index in [2.05, 4.69) is 26.6 Å². The molecular weight excluding hydrogens is 552 g/mol. The summed E-state index contributed by atoms with van der Waals surface area (Å²) < 4.78 is 22.5. The molecule has 2 aliphatic rings. The van der Waals surface area contributed by atoms with Gasteiger partial charge in [-0.15, -0.1) is 0 Å².